The summed E-state index contributed by atoms with van der Waals surface area (Å²) in [7, 11) is 0. The molecule has 1 amide bonds. The van der Waals surface area contributed by atoms with E-state index in [2.05, 4.69) is 10.2 Å². The van der Waals surface area contributed by atoms with Crippen molar-refractivity contribution in [3.8, 4) is 17.4 Å². The number of fused-ring (bicyclic) bond motifs is 1. The van der Waals surface area contributed by atoms with E-state index in [-0.39, 0.29) is 12.0 Å². The monoisotopic (exact) mass is 327 g/mol. The second kappa shape index (κ2) is 6.35. The fourth-order valence-corrected chi connectivity index (χ4v) is 2.94. The lowest BCUT2D eigenvalue weighted by atomic mass is 10.1. The lowest BCUT2D eigenvalue weighted by Gasteiger charge is -2.23. The highest BCUT2D eigenvalue weighted by atomic mass is 16.6. The number of carbonyl (C=O) groups excluding carboxylic acids is 1. The predicted molar refractivity (Wildman–Crippen MR) is 84.4 cm³/mol. The van der Waals surface area contributed by atoms with Gasteiger partial charge in [-0.3, -0.25) is 4.79 Å². The number of para-hydroxylation sites is 1. The fourth-order valence-electron chi connectivity index (χ4n) is 2.94. The van der Waals surface area contributed by atoms with Crippen molar-refractivity contribution < 1.29 is 19.0 Å². The molecular formula is C17H17N3O4. The Labute approximate surface area is 139 Å². The van der Waals surface area contributed by atoms with Crippen molar-refractivity contribution in [2.24, 2.45) is 0 Å². The summed E-state index contributed by atoms with van der Waals surface area (Å²) in [6, 6.07) is 8.93. The predicted octanol–water partition coefficient (Wildman–Crippen LogP) is 1.54. The molecule has 0 saturated carbocycles. The van der Waals surface area contributed by atoms with Crippen LogP contribution in [0.1, 0.15) is 16.8 Å². The number of rotatable bonds is 3. The zero-order chi connectivity index (χ0) is 16.4. The summed E-state index contributed by atoms with van der Waals surface area (Å²) in [4.78, 5) is 14.6. The summed E-state index contributed by atoms with van der Waals surface area (Å²) in [6.45, 7) is 2.10. The minimum Gasteiger partial charge on any atom is -0.486 e. The van der Waals surface area contributed by atoms with E-state index < -0.39 is 0 Å². The van der Waals surface area contributed by atoms with Gasteiger partial charge in [0.05, 0.1) is 12.1 Å². The Balaban J connectivity index is 1.46. The van der Waals surface area contributed by atoms with E-state index in [1.807, 2.05) is 12.1 Å². The summed E-state index contributed by atoms with van der Waals surface area (Å²) in [5, 5.41) is 7.71. The molecule has 1 aromatic carbocycles. The van der Waals surface area contributed by atoms with Gasteiger partial charge >= 0.3 is 0 Å². The van der Waals surface area contributed by atoms with E-state index in [0.29, 0.717) is 49.2 Å². The molecule has 1 atom stereocenters. The van der Waals surface area contributed by atoms with Gasteiger partial charge in [0.25, 0.3) is 5.91 Å². The van der Waals surface area contributed by atoms with Crippen LogP contribution in [0, 0.1) is 0 Å². The largest absolute Gasteiger partial charge is 0.486 e. The first kappa shape index (κ1) is 14.7. The molecule has 1 aromatic heterocycles. The number of ether oxygens (including phenoxy) is 3. The third-order valence-electron chi connectivity index (χ3n) is 4.06. The van der Waals surface area contributed by atoms with Gasteiger partial charge in [0.15, 0.2) is 11.5 Å². The van der Waals surface area contributed by atoms with Crippen LogP contribution in [0.3, 0.4) is 0 Å². The molecule has 3 heterocycles. The van der Waals surface area contributed by atoms with Gasteiger partial charge < -0.3 is 19.1 Å². The average Bonchev–Trinajstić information content (AvgIpc) is 3.10. The Morgan fingerprint density at radius 2 is 2.12 bits per heavy atom. The summed E-state index contributed by atoms with van der Waals surface area (Å²) < 4.78 is 17.0. The van der Waals surface area contributed by atoms with E-state index in [1.165, 1.54) is 0 Å². The second-order valence-electron chi connectivity index (χ2n) is 5.67. The fraction of sp³-hybridized carbons (Fsp3) is 0.353. The van der Waals surface area contributed by atoms with Gasteiger partial charge in [0.1, 0.15) is 19.3 Å². The molecule has 1 saturated heterocycles. The number of hydrogen-bond acceptors (Lipinski definition) is 6. The van der Waals surface area contributed by atoms with Crippen LogP contribution >= 0.6 is 0 Å². The highest BCUT2D eigenvalue weighted by molar-refractivity contribution is 5.98. The Bertz CT molecular complexity index is 738. The Morgan fingerprint density at radius 3 is 3.00 bits per heavy atom. The van der Waals surface area contributed by atoms with E-state index >= 15 is 0 Å². The van der Waals surface area contributed by atoms with Crippen LogP contribution in [0.25, 0.3) is 0 Å². The van der Waals surface area contributed by atoms with Crippen LogP contribution in [-0.2, 0) is 0 Å². The molecule has 2 aliphatic heterocycles. The number of benzene rings is 1. The highest BCUT2D eigenvalue weighted by Gasteiger charge is 2.31. The van der Waals surface area contributed by atoms with E-state index in [1.54, 1.807) is 29.3 Å². The van der Waals surface area contributed by atoms with Gasteiger partial charge in [-0.15, -0.1) is 5.10 Å². The first-order valence-corrected chi connectivity index (χ1v) is 7.93. The van der Waals surface area contributed by atoms with E-state index in [0.717, 1.165) is 6.42 Å². The van der Waals surface area contributed by atoms with Crippen LogP contribution in [0.2, 0.25) is 0 Å². The lowest BCUT2D eigenvalue weighted by molar-refractivity contribution is 0.0760. The Kier molecular flexibility index (Phi) is 3.90. The lowest BCUT2D eigenvalue weighted by Crippen LogP contribution is -2.32. The number of amides is 1. The van der Waals surface area contributed by atoms with E-state index in [9.17, 15) is 4.79 Å². The molecule has 7 heteroatoms. The smallest absolute Gasteiger partial charge is 0.257 e. The molecule has 124 valence electrons. The maximum atomic E-state index is 12.8. The third kappa shape index (κ3) is 2.84. The van der Waals surface area contributed by atoms with Crippen molar-refractivity contribution >= 4 is 5.91 Å². The first-order valence-electron chi connectivity index (χ1n) is 7.93. The van der Waals surface area contributed by atoms with Gasteiger partial charge in [-0.2, -0.15) is 5.10 Å². The highest BCUT2D eigenvalue weighted by Crippen LogP contribution is 2.34. The van der Waals surface area contributed by atoms with Gasteiger partial charge in [0, 0.05) is 25.2 Å². The number of hydrogen-bond donors (Lipinski definition) is 0. The second-order valence-corrected chi connectivity index (χ2v) is 5.67. The molecule has 0 spiro atoms. The third-order valence-corrected chi connectivity index (χ3v) is 4.06. The summed E-state index contributed by atoms with van der Waals surface area (Å²) in [5.74, 6) is 1.57. The molecule has 0 radical (unpaired) electrons. The normalized spacial score (nSPS) is 19.2. The minimum absolute atomic E-state index is 0.0670. The first-order chi connectivity index (χ1) is 11.8. The van der Waals surface area contributed by atoms with Crippen molar-refractivity contribution in [1.82, 2.24) is 15.1 Å². The Hall–Kier alpha value is -2.83. The van der Waals surface area contributed by atoms with Gasteiger partial charge in [-0.05, 0) is 18.2 Å². The van der Waals surface area contributed by atoms with Crippen molar-refractivity contribution in [3.63, 3.8) is 0 Å². The van der Waals surface area contributed by atoms with E-state index in [4.69, 9.17) is 14.2 Å². The molecule has 4 rings (SSSR count). The maximum Gasteiger partial charge on any atom is 0.257 e. The molecule has 0 bridgehead atoms. The van der Waals surface area contributed by atoms with Crippen molar-refractivity contribution in [2.45, 2.75) is 12.5 Å². The van der Waals surface area contributed by atoms with Crippen LogP contribution in [0.15, 0.2) is 36.5 Å². The number of carbonyl (C=O) groups is 1. The molecule has 0 aliphatic carbocycles. The van der Waals surface area contributed by atoms with Gasteiger partial charge in [0.2, 0.25) is 5.88 Å². The van der Waals surface area contributed by atoms with Crippen LogP contribution < -0.4 is 14.2 Å². The van der Waals surface area contributed by atoms with Gasteiger partial charge in [-0.1, -0.05) is 6.07 Å². The molecule has 2 aromatic rings. The number of likely N-dealkylation sites (tertiary alicyclic amines) is 1. The quantitative estimate of drug-likeness (QED) is 0.851. The summed E-state index contributed by atoms with van der Waals surface area (Å²) in [5.41, 5.74) is 0.535. The summed E-state index contributed by atoms with van der Waals surface area (Å²) in [6.07, 6.45) is 2.27. The topological polar surface area (TPSA) is 73.8 Å². The molecule has 1 unspecified atom stereocenters. The molecular weight excluding hydrogens is 310 g/mol. The van der Waals surface area contributed by atoms with Gasteiger partial charge in [-0.25, -0.2) is 0 Å². The number of aromatic nitrogens is 2. The SMILES string of the molecule is O=C(c1cccc2c1OCCO2)N1CCC(Oc2cccnn2)C1. The Morgan fingerprint density at radius 1 is 1.21 bits per heavy atom. The maximum absolute atomic E-state index is 12.8. The van der Waals surface area contributed by atoms with Crippen molar-refractivity contribution in [1.29, 1.82) is 0 Å². The van der Waals surface area contributed by atoms with Crippen molar-refractivity contribution in [2.75, 3.05) is 26.3 Å². The molecule has 2 aliphatic rings. The van der Waals surface area contributed by atoms with Crippen LogP contribution in [0.5, 0.6) is 17.4 Å². The van der Waals surface area contributed by atoms with Crippen LogP contribution in [0.4, 0.5) is 0 Å². The molecule has 7 nitrogen and oxygen atoms in total. The minimum atomic E-state index is -0.0812. The standard InChI is InChI=1S/C17H17N3O4/c21-17(13-3-1-4-14-16(13)23-10-9-22-14)20-8-6-12(11-20)24-15-5-2-7-18-19-15/h1-5,7,12H,6,8-11H2. The average molecular weight is 327 g/mol. The zero-order valence-corrected chi connectivity index (χ0v) is 13.1. The summed E-state index contributed by atoms with van der Waals surface area (Å²) >= 11 is 0. The van der Waals surface area contributed by atoms with Crippen molar-refractivity contribution in [3.05, 3.63) is 42.1 Å². The van der Waals surface area contributed by atoms with Crippen LogP contribution in [-0.4, -0.2) is 53.4 Å². The molecule has 1 fully saturated rings. The molecule has 0 N–H and O–H groups in total. The number of nitrogens with zero attached hydrogens (tertiary/aromatic N) is 3. The zero-order valence-electron chi connectivity index (χ0n) is 13.1. The molecule has 24 heavy (non-hydrogen) atoms.